The van der Waals surface area contributed by atoms with Gasteiger partial charge in [0.2, 0.25) is 0 Å². The molecular formula is C39H38Cl2SiZr. The third kappa shape index (κ3) is 5.37. The second-order valence-corrected chi connectivity index (χ2v) is 27.4. The van der Waals surface area contributed by atoms with E-state index in [-0.39, 0.29) is 24.8 Å². The van der Waals surface area contributed by atoms with Crippen molar-refractivity contribution in [1.29, 1.82) is 0 Å². The topological polar surface area (TPSA) is 0 Å². The van der Waals surface area contributed by atoms with E-state index in [1.54, 1.807) is 22.3 Å². The maximum absolute atomic E-state index is 2.60. The molecule has 4 heteroatoms. The van der Waals surface area contributed by atoms with Crippen LogP contribution in [0, 0.1) is 12.8 Å². The SMILES string of the molecule is CCC(C)C1=Cc2c(-c3c(C)ccc4ccccc34)cccc2C1c1cccc2c1[CH]([Zr+2][SiH](C)C)c1ccccc1-2.[Cl-].[Cl-]. The van der Waals surface area contributed by atoms with E-state index < -0.39 is 28.3 Å². The van der Waals surface area contributed by atoms with Gasteiger partial charge < -0.3 is 24.8 Å². The Labute approximate surface area is 282 Å². The van der Waals surface area contributed by atoms with Crippen molar-refractivity contribution in [1.82, 2.24) is 0 Å². The molecule has 0 amide bonds. The summed E-state index contributed by atoms with van der Waals surface area (Å²) in [4.78, 5) is 0. The van der Waals surface area contributed by atoms with Crippen molar-refractivity contribution < 1.29 is 47.2 Å². The molecule has 43 heavy (non-hydrogen) atoms. The molecule has 5 aromatic rings. The third-order valence-electron chi connectivity index (χ3n) is 9.48. The summed E-state index contributed by atoms with van der Waals surface area (Å²) in [6, 6.07) is 37.2. The molecule has 216 valence electrons. The van der Waals surface area contributed by atoms with Crippen LogP contribution in [0.4, 0.5) is 0 Å². The molecule has 2 aliphatic rings. The second-order valence-electron chi connectivity index (χ2n) is 12.3. The Balaban J connectivity index is 0.00000184. The van der Waals surface area contributed by atoms with Crippen LogP contribution in [0.5, 0.6) is 0 Å². The summed E-state index contributed by atoms with van der Waals surface area (Å²) >= 11 is -0.564. The first kappa shape index (κ1) is 32.2. The Morgan fingerprint density at radius 3 is 2.14 bits per heavy atom. The van der Waals surface area contributed by atoms with Crippen LogP contribution in [0.25, 0.3) is 39.1 Å². The van der Waals surface area contributed by atoms with Crippen LogP contribution in [-0.2, 0) is 22.4 Å². The molecule has 7 rings (SSSR count). The molecule has 0 saturated carbocycles. The molecule has 0 bridgehead atoms. The van der Waals surface area contributed by atoms with E-state index in [4.69, 9.17) is 0 Å². The number of halogens is 2. The van der Waals surface area contributed by atoms with E-state index in [0.29, 0.717) is 15.5 Å². The van der Waals surface area contributed by atoms with Crippen molar-refractivity contribution in [3.8, 4) is 22.3 Å². The average Bonchev–Trinajstić information content (AvgIpc) is 3.53. The number of hydrogen-bond donors (Lipinski definition) is 0. The summed E-state index contributed by atoms with van der Waals surface area (Å²) in [6.45, 7) is 12.3. The summed E-state index contributed by atoms with van der Waals surface area (Å²) in [5.41, 5.74) is 16.6. The molecule has 0 spiro atoms. The monoisotopic (exact) mass is 694 g/mol. The molecule has 0 fully saturated rings. The molecule has 3 atom stereocenters. The van der Waals surface area contributed by atoms with Crippen LogP contribution in [-0.4, -0.2) is 5.92 Å². The number of allylic oxidation sites excluding steroid dienone is 1. The van der Waals surface area contributed by atoms with E-state index in [2.05, 4.69) is 137 Å². The van der Waals surface area contributed by atoms with Gasteiger partial charge in [-0.05, 0) is 0 Å². The van der Waals surface area contributed by atoms with Gasteiger partial charge in [0.15, 0.2) is 0 Å². The van der Waals surface area contributed by atoms with Gasteiger partial charge in [0, 0.05) is 0 Å². The van der Waals surface area contributed by atoms with Crippen LogP contribution >= 0.6 is 0 Å². The van der Waals surface area contributed by atoms with Crippen LogP contribution in [0.1, 0.15) is 63.2 Å². The Morgan fingerprint density at radius 1 is 0.721 bits per heavy atom. The van der Waals surface area contributed by atoms with E-state index in [1.165, 1.54) is 49.7 Å². The Kier molecular flexibility index (Phi) is 9.75. The summed E-state index contributed by atoms with van der Waals surface area (Å²) < 4.78 is 0.679. The van der Waals surface area contributed by atoms with Crippen LogP contribution < -0.4 is 24.8 Å². The number of hydrogen-bond acceptors (Lipinski definition) is 0. The predicted octanol–water partition coefficient (Wildman–Crippen LogP) is 4.53. The van der Waals surface area contributed by atoms with Crippen molar-refractivity contribution in [2.24, 2.45) is 5.92 Å². The zero-order valence-electron chi connectivity index (χ0n) is 25.6. The Morgan fingerprint density at radius 2 is 1.37 bits per heavy atom. The minimum absolute atomic E-state index is 0. The molecule has 0 aromatic heterocycles. The van der Waals surface area contributed by atoms with Gasteiger partial charge in [-0.2, -0.15) is 0 Å². The summed E-state index contributed by atoms with van der Waals surface area (Å²) in [6.07, 6.45) is 3.76. The molecule has 0 aliphatic heterocycles. The minimum Gasteiger partial charge on any atom is -1.00 e. The maximum atomic E-state index is 2.60. The molecule has 2 aliphatic carbocycles. The van der Waals surface area contributed by atoms with E-state index >= 15 is 0 Å². The summed E-state index contributed by atoms with van der Waals surface area (Å²) in [7, 11) is 0. The minimum atomic E-state index is -0.628. The largest absolute Gasteiger partial charge is 1.00 e. The van der Waals surface area contributed by atoms with Crippen molar-refractivity contribution in [2.75, 3.05) is 0 Å². The predicted molar refractivity (Wildman–Crippen MR) is 176 cm³/mol. The van der Waals surface area contributed by atoms with Gasteiger partial charge in [0.05, 0.1) is 0 Å². The standard InChI is InChI=1S/C37H31.C2H7Si.2ClH.Zr/c1-4-23(2)33-22-35-30(36-24(3)19-20-25-11-5-8-14-28(25)36)16-10-18-32(35)37(33)31-17-9-15-29-27-13-7-6-12-26(27)21-34(29)31;1-3-2;;;/h5-23,37H,4H2,1-3H3;3H,1-2H3;2*1H;/q;;;;+2/p-2. The first-order valence-corrected chi connectivity index (χ1v) is 23.9. The van der Waals surface area contributed by atoms with Crippen molar-refractivity contribution in [3.63, 3.8) is 0 Å². The molecule has 5 aromatic carbocycles. The third-order valence-corrected chi connectivity index (χ3v) is 19.3. The molecular weight excluding hydrogens is 659 g/mol. The normalized spacial score (nSPS) is 16.8. The molecule has 0 radical (unpaired) electrons. The fourth-order valence-electron chi connectivity index (χ4n) is 7.44. The quantitative estimate of drug-likeness (QED) is 0.229. The van der Waals surface area contributed by atoms with Crippen molar-refractivity contribution in [2.45, 2.75) is 49.8 Å². The fourth-order valence-corrected chi connectivity index (χ4v) is 17.3. The van der Waals surface area contributed by atoms with Gasteiger partial charge in [-0.15, -0.1) is 0 Å². The molecule has 0 heterocycles. The fraction of sp³-hybridized carbons (Fsp3) is 0.231. The van der Waals surface area contributed by atoms with Crippen molar-refractivity contribution in [3.05, 3.63) is 136 Å². The Hall–Kier alpha value is -2.22. The summed E-state index contributed by atoms with van der Waals surface area (Å²) in [5, 5.41) is 2.67. The average molecular weight is 697 g/mol. The molecule has 3 unspecified atom stereocenters. The van der Waals surface area contributed by atoms with Crippen LogP contribution in [0.3, 0.4) is 0 Å². The number of aryl methyl sites for hydroxylation is 1. The van der Waals surface area contributed by atoms with E-state index in [9.17, 15) is 0 Å². The second kappa shape index (κ2) is 13.0. The molecule has 0 nitrogen and oxygen atoms in total. The van der Waals surface area contributed by atoms with Gasteiger partial charge in [-0.3, -0.25) is 0 Å². The molecule has 0 saturated heterocycles. The van der Waals surface area contributed by atoms with Gasteiger partial charge in [-0.25, -0.2) is 0 Å². The van der Waals surface area contributed by atoms with Gasteiger partial charge in [0.1, 0.15) is 0 Å². The first-order valence-electron chi connectivity index (χ1n) is 15.3. The molecule has 0 N–H and O–H groups in total. The van der Waals surface area contributed by atoms with Crippen molar-refractivity contribution >= 4 is 22.8 Å². The van der Waals surface area contributed by atoms with E-state index in [1.807, 2.05) is 0 Å². The first-order chi connectivity index (χ1) is 20.0. The number of benzene rings is 5. The summed E-state index contributed by atoms with van der Waals surface area (Å²) in [5.74, 6) is 0.234. The number of rotatable bonds is 6. The zero-order valence-corrected chi connectivity index (χ0v) is 30.7. The van der Waals surface area contributed by atoms with Crippen LogP contribution in [0.15, 0.2) is 103 Å². The van der Waals surface area contributed by atoms with Gasteiger partial charge in [-0.1, -0.05) is 0 Å². The van der Waals surface area contributed by atoms with Gasteiger partial charge >= 0.3 is 259 Å². The van der Waals surface area contributed by atoms with Crippen LogP contribution in [0.2, 0.25) is 13.1 Å². The van der Waals surface area contributed by atoms with E-state index in [0.717, 1.165) is 6.42 Å². The Bertz CT molecular complexity index is 1840. The van der Waals surface area contributed by atoms with Gasteiger partial charge in [0.25, 0.3) is 0 Å². The maximum Gasteiger partial charge on any atom is -1.00 e. The number of fused-ring (bicyclic) bond motifs is 5. The zero-order chi connectivity index (χ0) is 28.2. The smallest absolute Gasteiger partial charge is 1.00 e.